The number of nitrogens with zero attached hydrogens (tertiary/aromatic N) is 2. The monoisotopic (exact) mass is 556 g/mol. The standard InChI is InChI=1S/C21H28N2O5.2Rb/c24-15-22-10-3-11-28-14-21(27)23-13-17-8-6-16(7-9-17)12-20(26)18-4-1-2-5-19(18)25;;/h6-9,15,18H,1-5,10-14H2,(H2,22,23,24,27);;/q;2*+1/p-2. The summed E-state index contributed by atoms with van der Waals surface area (Å²) in [4.78, 5) is 45.9. The second kappa shape index (κ2) is 18.5. The zero-order valence-corrected chi connectivity index (χ0v) is 27.8. The first-order valence-corrected chi connectivity index (χ1v) is 9.61. The van der Waals surface area contributed by atoms with E-state index in [0.717, 1.165) is 24.0 Å². The fourth-order valence-corrected chi connectivity index (χ4v) is 3.11. The molecule has 0 aromatic heterocycles. The molecule has 2 amide bonds. The minimum atomic E-state index is -0.437. The van der Waals surface area contributed by atoms with Gasteiger partial charge in [-0.15, -0.1) is 13.1 Å². The van der Waals surface area contributed by atoms with Crippen molar-refractivity contribution in [2.24, 2.45) is 5.92 Å². The van der Waals surface area contributed by atoms with Gasteiger partial charge in [0.15, 0.2) is 0 Å². The van der Waals surface area contributed by atoms with Crippen LogP contribution >= 0.6 is 0 Å². The number of carbonyl (C=O) groups excluding carboxylic acids is 4. The first kappa shape index (κ1) is 31.1. The van der Waals surface area contributed by atoms with Crippen LogP contribution in [0.2, 0.25) is 0 Å². The van der Waals surface area contributed by atoms with Crippen molar-refractivity contribution in [1.29, 1.82) is 0 Å². The Morgan fingerprint density at radius 1 is 1.10 bits per heavy atom. The molecule has 2 rings (SSSR count). The largest absolute Gasteiger partial charge is 1.00 e. The van der Waals surface area contributed by atoms with Gasteiger partial charge in [-0.1, -0.05) is 36.2 Å². The molecular weight excluding hydrogens is 531 g/mol. The van der Waals surface area contributed by atoms with E-state index in [9.17, 15) is 19.2 Å². The molecule has 30 heavy (non-hydrogen) atoms. The van der Waals surface area contributed by atoms with Crippen LogP contribution in [0.25, 0.3) is 10.6 Å². The summed E-state index contributed by atoms with van der Waals surface area (Å²) in [7, 11) is 0. The van der Waals surface area contributed by atoms with E-state index in [1.165, 1.54) is 0 Å². The van der Waals surface area contributed by atoms with Crippen LogP contribution in [0.4, 0.5) is 0 Å². The number of Topliss-reactive ketones (excluding diaryl/α,β-unsaturated/α-hetero) is 2. The van der Waals surface area contributed by atoms with E-state index >= 15 is 0 Å². The normalized spacial score (nSPS) is 15.3. The number of ether oxygens (including phenoxy) is 1. The van der Waals surface area contributed by atoms with Crippen molar-refractivity contribution in [3.05, 3.63) is 46.0 Å². The van der Waals surface area contributed by atoms with E-state index in [4.69, 9.17) is 4.74 Å². The summed E-state index contributed by atoms with van der Waals surface area (Å²) in [5.41, 5.74) is 1.73. The third-order valence-electron chi connectivity index (χ3n) is 4.66. The van der Waals surface area contributed by atoms with E-state index < -0.39 is 5.92 Å². The predicted octanol–water partition coefficient (Wildman–Crippen LogP) is -3.10. The van der Waals surface area contributed by atoms with Gasteiger partial charge in [0.1, 0.15) is 11.6 Å². The smallest absolute Gasteiger partial charge is 0.656 e. The quantitative estimate of drug-likeness (QED) is 0.154. The SMILES string of the molecule is O=C[N-]CCCOCC(=O)[N-]Cc1ccc(CC(=O)C2CCCCC2=O)cc1.[Rb+].[Rb+]. The van der Waals surface area contributed by atoms with Crippen molar-refractivity contribution < 1.29 is 140 Å². The van der Waals surface area contributed by atoms with E-state index in [-0.39, 0.29) is 153 Å². The number of benzene rings is 1. The van der Waals surface area contributed by atoms with Gasteiger partial charge >= 0.3 is 116 Å². The molecule has 9 heteroatoms. The summed E-state index contributed by atoms with van der Waals surface area (Å²) in [6, 6.07) is 7.36. The maximum atomic E-state index is 12.3. The van der Waals surface area contributed by atoms with Crippen LogP contribution < -0.4 is 116 Å². The van der Waals surface area contributed by atoms with Gasteiger partial charge in [-0.2, -0.15) is 0 Å². The minimum absolute atomic E-state index is 0. The van der Waals surface area contributed by atoms with E-state index in [2.05, 4.69) is 10.6 Å². The second-order valence-corrected chi connectivity index (χ2v) is 6.85. The molecule has 7 nitrogen and oxygen atoms in total. The van der Waals surface area contributed by atoms with Gasteiger partial charge in [-0.3, -0.25) is 9.59 Å². The van der Waals surface area contributed by atoms with Crippen LogP contribution in [0.3, 0.4) is 0 Å². The molecule has 1 saturated carbocycles. The Labute approximate surface area is 275 Å². The topological polar surface area (TPSA) is 106 Å². The minimum Gasteiger partial charge on any atom is -0.656 e. The molecule has 0 spiro atoms. The molecule has 152 valence electrons. The van der Waals surface area contributed by atoms with Crippen molar-refractivity contribution in [2.45, 2.75) is 45.1 Å². The van der Waals surface area contributed by atoms with Crippen LogP contribution in [0.5, 0.6) is 0 Å². The molecule has 0 N–H and O–H groups in total. The van der Waals surface area contributed by atoms with Gasteiger partial charge in [0.05, 0.1) is 18.4 Å². The summed E-state index contributed by atoms with van der Waals surface area (Å²) >= 11 is 0. The summed E-state index contributed by atoms with van der Waals surface area (Å²) < 4.78 is 5.18. The summed E-state index contributed by atoms with van der Waals surface area (Å²) in [5, 5.41) is 7.46. The second-order valence-electron chi connectivity index (χ2n) is 6.85. The maximum Gasteiger partial charge on any atom is 1.00 e. The average Bonchev–Trinajstić information content (AvgIpc) is 2.70. The van der Waals surface area contributed by atoms with Gasteiger partial charge in [0.25, 0.3) is 0 Å². The summed E-state index contributed by atoms with van der Waals surface area (Å²) in [6.45, 7) is 0.893. The Bertz CT molecular complexity index is 682. The Morgan fingerprint density at radius 2 is 1.80 bits per heavy atom. The average molecular weight is 557 g/mol. The van der Waals surface area contributed by atoms with E-state index in [1.807, 2.05) is 24.3 Å². The fourth-order valence-electron chi connectivity index (χ4n) is 3.11. The predicted molar refractivity (Wildman–Crippen MR) is 104 cm³/mol. The Balaban J connectivity index is 0.00000420. The Hall–Kier alpha value is 1.07. The molecule has 1 atom stereocenters. The first-order valence-electron chi connectivity index (χ1n) is 9.61. The number of ketones is 2. The van der Waals surface area contributed by atoms with Gasteiger partial charge < -0.3 is 25.0 Å². The number of carbonyl (C=O) groups is 4. The summed E-state index contributed by atoms with van der Waals surface area (Å²) in [5.74, 6) is -0.712. The van der Waals surface area contributed by atoms with Crippen LogP contribution in [-0.2, 0) is 36.9 Å². The van der Waals surface area contributed by atoms with Crippen molar-refractivity contribution in [3.63, 3.8) is 0 Å². The molecule has 0 heterocycles. The van der Waals surface area contributed by atoms with Gasteiger partial charge in [0.2, 0.25) is 0 Å². The molecule has 0 bridgehead atoms. The third-order valence-corrected chi connectivity index (χ3v) is 4.66. The number of hydrogen-bond donors (Lipinski definition) is 0. The van der Waals surface area contributed by atoms with Crippen molar-refractivity contribution >= 4 is 23.9 Å². The maximum absolute atomic E-state index is 12.3. The molecule has 1 aliphatic rings. The first-order chi connectivity index (χ1) is 13.6. The summed E-state index contributed by atoms with van der Waals surface area (Å²) in [6.07, 6.45) is 4.36. The van der Waals surface area contributed by atoms with E-state index in [0.29, 0.717) is 38.8 Å². The zero-order chi connectivity index (χ0) is 20.2. The molecule has 0 saturated heterocycles. The number of hydrogen-bond acceptors (Lipinski definition) is 5. The molecule has 1 aromatic carbocycles. The number of rotatable bonds is 12. The molecular formula is C21H26N2O5Rb2. The molecule has 1 aromatic rings. The van der Waals surface area contributed by atoms with Crippen molar-refractivity contribution in [3.8, 4) is 0 Å². The molecule has 0 aliphatic heterocycles. The van der Waals surface area contributed by atoms with Crippen LogP contribution in [-0.4, -0.2) is 43.6 Å². The van der Waals surface area contributed by atoms with Crippen molar-refractivity contribution in [1.82, 2.24) is 0 Å². The van der Waals surface area contributed by atoms with Gasteiger partial charge in [-0.25, -0.2) is 0 Å². The van der Waals surface area contributed by atoms with Crippen molar-refractivity contribution in [2.75, 3.05) is 19.8 Å². The van der Waals surface area contributed by atoms with Crippen LogP contribution in [0.1, 0.15) is 43.2 Å². The van der Waals surface area contributed by atoms with Gasteiger partial charge in [-0.05, 0) is 24.8 Å². The Morgan fingerprint density at radius 3 is 2.47 bits per heavy atom. The third kappa shape index (κ3) is 12.3. The molecule has 1 aliphatic carbocycles. The fraction of sp³-hybridized carbons (Fsp3) is 0.524. The van der Waals surface area contributed by atoms with Crippen LogP contribution in [0, 0.1) is 5.92 Å². The Kier molecular flexibility index (Phi) is 19.2. The molecule has 1 fully saturated rings. The van der Waals surface area contributed by atoms with Crippen LogP contribution in [0.15, 0.2) is 24.3 Å². The molecule has 0 radical (unpaired) electrons. The number of amides is 2. The zero-order valence-electron chi connectivity index (χ0n) is 18.0. The van der Waals surface area contributed by atoms with E-state index in [1.54, 1.807) is 0 Å². The van der Waals surface area contributed by atoms with Gasteiger partial charge in [0, 0.05) is 25.9 Å². The molecule has 1 unspecified atom stereocenters.